The van der Waals surface area contributed by atoms with Gasteiger partial charge >= 0.3 is 6.18 Å². The van der Waals surface area contributed by atoms with Crippen LogP contribution in [0.1, 0.15) is 34.3 Å². The van der Waals surface area contributed by atoms with Gasteiger partial charge in [0.2, 0.25) is 5.95 Å². The molecule has 0 aliphatic carbocycles. The van der Waals surface area contributed by atoms with Gasteiger partial charge in [-0.15, -0.1) is 0 Å². The van der Waals surface area contributed by atoms with Gasteiger partial charge in [0.1, 0.15) is 0 Å². The highest BCUT2D eigenvalue weighted by molar-refractivity contribution is 5.98. The lowest BCUT2D eigenvalue weighted by Crippen LogP contribution is -2.52. The molecule has 1 atom stereocenters. The number of aromatic nitrogens is 5. The first-order valence-corrected chi connectivity index (χ1v) is 10.3. The summed E-state index contributed by atoms with van der Waals surface area (Å²) in [4.78, 5) is 23.3. The normalized spacial score (nSPS) is 18.1. The average Bonchev–Trinajstić information content (AvgIpc) is 3.31. The number of hydrogen-bond donors (Lipinski definition) is 1. The summed E-state index contributed by atoms with van der Waals surface area (Å²) in [6, 6.07) is 4.13. The second kappa shape index (κ2) is 8.95. The van der Waals surface area contributed by atoms with Crippen LogP contribution < -0.4 is 5.32 Å². The molecule has 8 nitrogen and oxygen atoms in total. The topological polar surface area (TPSA) is 88.8 Å². The molecule has 4 rings (SSSR count). The van der Waals surface area contributed by atoms with Crippen LogP contribution in [0.25, 0.3) is 5.69 Å². The minimum atomic E-state index is -4.60. The number of rotatable bonds is 5. The SMILES string of the molecule is Cc1ccc(-n2nccn2)c(C(=O)N2CCC(F)(F)CC2CNc2ncc(C(F)(F)F)cn2)c1. The molecule has 1 amide bonds. The number of aryl methyl sites for hydroxylation is 1. The van der Waals surface area contributed by atoms with E-state index in [9.17, 15) is 26.7 Å². The zero-order valence-corrected chi connectivity index (χ0v) is 17.9. The molecule has 13 heteroatoms. The molecule has 0 saturated carbocycles. The number of alkyl halides is 5. The molecule has 180 valence electrons. The van der Waals surface area contributed by atoms with Crippen LogP contribution in [0, 0.1) is 6.92 Å². The maximum Gasteiger partial charge on any atom is 0.419 e. The van der Waals surface area contributed by atoms with E-state index >= 15 is 0 Å². The van der Waals surface area contributed by atoms with Crippen molar-refractivity contribution in [3.63, 3.8) is 0 Å². The molecule has 1 N–H and O–H groups in total. The van der Waals surface area contributed by atoms with Crippen LogP contribution in [-0.2, 0) is 6.18 Å². The molecule has 1 saturated heterocycles. The second-order valence-electron chi connectivity index (χ2n) is 7.98. The zero-order valence-electron chi connectivity index (χ0n) is 17.9. The van der Waals surface area contributed by atoms with Crippen molar-refractivity contribution in [2.75, 3.05) is 18.4 Å². The van der Waals surface area contributed by atoms with Gasteiger partial charge in [0.25, 0.3) is 11.8 Å². The van der Waals surface area contributed by atoms with Crippen molar-refractivity contribution in [2.24, 2.45) is 0 Å². The molecular weight excluding hydrogens is 461 g/mol. The number of amides is 1. The Morgan fingerprint density at radius 3 is 2.50 bits per heavy atom. The van der Waals surface area contributed by atoms with Gasteiger partial charge in [-0.3, -0.25) is 4.79 Å². The Hall–Kier alpha value is -3.64. The maximum atomic E-state index is 14.2. The van der Waals surface area contributed by atoms with Crippen LogP contribution in [0.5, 0.6) is 0 Å². The van der Waals surface area contributed by atoms with Gasteiger partial charge in [-0.2, -0.15) is 28.2 Å². The third kappa shape index (κ3) is 5.13. The number of hydrogen-bond acceptors (Lipinski definition) is 6. The quantitative estimate of drug-likeness (QED) is 0.559. The third-order valence-electron chi connectivity index (χ3n) is 5.45. The van der Waals surface area contributed by atoms with Gasteiger partial charge in [-0.1, -0.05) is 11.6 Å². The highest BCUT2D eigenvalue weighted by Crippen LogP contribution is 2.33. The van der Waals surface area contributed by atoms with Crippen molar-refractivity contribution in [3.8, 4) is 5.69 Å². The van der Waals surface area contributed by atoms with Gasteiger partial charge in [0, 0.05) is 38.3 Å². The van der Waals surface area contributed by atoms with Gasteiger partial charge in [0.15, 0.2) is 0 Å². The Balaban J connectivity index is 1.57. The van der Waals surface area contributed by atoms with E-state index in [0.717, 1.165) is 5.56 Å². The Morgan fingerprint density at radius 2 is 1.85 bits per heavy atom. The lowest BCUT2D eigenvalue weighted by molar-refractivity contribution is -0.138. The molecule has 1 unspecified atom stereocenters. The van der Waals surface area contributed by atoms with Gasteiger partial charge in [0.05, 0.1) is 35.2 Å². The Bertz CT molecular complexity index is 1150. The van der Waals surface area contributed by atoms with Crippen LogP contribution in [0.15, 0.2) is 43.0 Å². The molecule has 1 aliphatic rings. The van der Waals surface area contributed by atoms with E-state index in [-0.39, 0.29) is 24.6 Å². The molecule has 3 aromatic rings. The Labute approximate surface area is 190 Å². The monoisotopic (exact) mass is 481 g/mol. The smallest absolute Gasteiger partial charge is 0.352 e. The van der Waals surface area contributed by atoms with E-state index in [4.69, 9.17) is 0 Å². The molecule has 34 heavy (non-hydrogen) atoms. The van der Waals surface area contributed by atoms with E-state index < -0.39 is 42.5 Å². The van der Waals surface area contributed by atoms with Crippen LogP contribution >= 0.6 is 0 Å². The third-order valence-corrected chi connectivity index (χ3v) is 5.45. The summed E-state index contributed by atoms with van der Waals surface area (Å²) in [5.41, 5.74) is 0.403. The molecule has 0 spiro atoms. The molecule has 1 aromatic carbocycles. The van der Waals surface area contributed by atoms with Gasteiger partial charge in [-0.05, 0) is 19.1 Å². The maximum absolute atomic E-state index is 14.2. The summed E-state index contributed by atoms with van der Waals surface area (Å²) in [6.07, 6.45) is -1.62. The standard InChI is InChI=1S/C21H20F5N7O/c1-13-2-3-17(33-30-5-6-31-33)16(8-13)18(34)32-7-4-20(22,23)9-15(32)12-29-19-27-10-14(11-28-19)21(24,25)26/h2-3,5-6,8,10-11,15H,4,7,9,12H2,1H3,(H,27,28,29). The summed E-state index contributed by atoms with van der Waals surface area (Å²) in [7, 11) is 0. The predicted molar refractivity (Wildman–Crippen MR) is 111 cm³/mol. The number of benzene rings is 1. The van der Waals surface area contributed by atoms with E-state index in [1.807, 2.05) is 0 Å². The van der Waals surface area contributed by atoms with Crippen LogP contribution in [-0.4, -0.2) is 60.8 Å². The van der Waals surface area contributed by atoms with Gasteiger partial charge < -0.3 is 10.2 Å². The molecular formula is C21H20F5N7O. The van der Waals surface area contributed by atoms with Crippen molar-refractivity contribution in [3.05, 3.63) is 59.7 Å². The Kier molecular flexibility index (Phi) is 6.19. The predicted octanol–water partition coefficient (Wildman–Crippen LogP) is 3.74. The molecule has 2 aromatic heterocycles. The lowest BCUT2D eigenvalue weighted by atomic mass is 9.96. The number of nitrogens with zero attached hydrogens (tertiary/aromatic N) is 6. The lowest BCUT2D eigenvalue weighted by Gasteiger charge is -2.39. The van der Waals surface area contributed by atoms with Gasteiger partial charge in [-0.25, -0.2) is 18.7 Å². The highest BCUT2D eigenvalue weighted by Gasteiger charge is 2.42. The average molecular weight is 481 g/mol. The van der Waals surface area contributed by atoms with Crippen molar-refractivity contribution in [1.82, 2.24) is 29.9 Å². The summed E-state index contributed by atoms with van der Waals surface area (Å²) in [5.74, 6) is -3.64. The van der Waals surface area contributed by atoms with Crippen LogP contribution in [0.2, 0.25) is 0 Å². The van der Waals surface area contributed by atoms with Crippen molar-refractivity contribution in [1.29, 1.82) is 0 Å². The fourth-order valence-corrected chi connectivity index (χ4v) is 3.74. The first-order chi connectivity index (χ1) is 16.0. The number of carbonyl (C=O) groups is 1. The Morgan fingerprint density at radius 1 is 1.18 bits per heavy atom. The van der Waals surface area contributed by atoms with Crippen LogP contribution in [0.4, 0.5) is 27.9 Å². The fraction of sp³-hybridized carbons (Fsp3) is 0.381. The summed E-state index contributed by atoms with van der Waals surface area (Å²) >= 11 is 0. The first kappa shape index (κ1) is 23.5. The summed E-state index contributed by atoms with van der Waals surface area (Å²) in [5, 5.41) is 10.8. The second-order valence-corrected chi connectivity index (χ2v) is 7.98. The highest BCUT2D eigenvalue weighted by atomic mass is 19.4. The molecule has 0 bridgehead atoms. The number of piperidine rings is 1. The minimum Gasteiger partial charge on any atom is -0.352 e. The molecule has 3 heterocycles. The van der Waals surface area contributed by atoms with Crippen LogP contribution in [0.3, 0.4) is 0 Å². The molecule has 1 fully saturated rings. The number of nitrogens with one attached hydrogen (secondary N) is 1. The van der Waals surface area contributed by atoms with Crippen molar-refractivity contribution in [2.45, 2.75) is 37.9 Å². The van der Waals surface area contributed by atoms with E-state index in [0.29, 0.717) is 18.1 Å². The molecule has 0 radical (unpaired) electrons. The fourth-order valence-electron chi connectivity index (χ4n) is 3.74. The number of anilines is 1. The van der Waals surface area contributed by atoms with Crippen molar-refractivity contribution >= 4 is 11.9 Å². The van der Waals surface area contributed by atoms with Crippen molar-refractivity contribution < 1.29 is 26.7 Å². The first-order valence-electron chi connectivity index (χ1n) is 10.3. The largest absolute Gasteiger partial charge is 0.419 e. The number of likely N-dealkylation sites (tertiary alicyclic amines) is 1. The zero-order chi connectivity index (χ0) is 24.5. The van der Waals surface area contributed by atoms with E-state index in [2.05, 4.69) is 25.5 Å². The van der Waals surface area contributed by atoms with E-state index in [1.54, 1.807) is 25.1 Å². The number of carbonyl (C=O) groups excluding carboxylic acids is 1. The summed E-state index contributed by atoms with van der Waals surface area (Å²) < 4.78 is 66.6. The number of halogens is 5. The minimum absolute atomic E-state index is 0.161. The molecule has 1 aliphatic heterocycles. The summed E-state index contributed by atoms with van der Waals surface area (Å²) in [6.45, 7) is 1.42. The van der Waals surface area contributed by atoms with E-state index in [1.165, 1.54) is 22.1 Å².